The monoisotopic (exact) mass is 488 g/mol. The van der Waals surface area contributed by atoms with Crippen molar-refractivity contribution in [3.05, 3.63) is 64.1 Å². The van der Waals surface area contributed by atoms with E-state index in [1.165, 1.54) is 11.3 Å². The molecule has 6 nitrogen and oxygen atoms in total. The molecule has 0 atom stereocenters. The zero-order valence-corrected chi connectivity index (χ0v) is 18.5. The number of thioether (sulfide) groups is 1. The van der Waals surface area contributed by atoms with E-state index in [2.05, 4.69) is 37.5 Å². The highest BCUT2D eigenvalue weighted by atomic mass is 79.9. The maximum atomic E-state index is 12.1. The largest absolute Gasteiger partial charge is 0.494 e. The molecule has 0 spiro atoms. The van der Waals surface area contributed by atoms with Crippen molar-refractivity contribution in [3.63, 3.8) is 0 Å². The average molecular weight is 489 g/mol. The van der Waals surface area contributed by atoms with E-state index in [9.17, 15) is 4.79 Å². The lowest BCUT2D eigenvalue weighted by Gasteiger charge is -2.05. The first-order valence-corrected chi connectivity index (χ1v) is 11.4. The van der Waals surface area contributed by atoms with E-state index < -0.39 is 0 Å². The quantitative estimate of drug-likeness (QED) is 0.251. The van der Waals surface area contributed by atoms with Crippen LogP contribution in [0.1, 0.15) is 24.0 Å². The van der Waals surface area contributed by atoms with Gasteiger partial charge < -0.3 is 10.1 Å². The smallest absolute Gasteiger partial charge is 0.226 e. The number of halogens is 1. The van der Waals surface area contributed by atoms with Gasteiger partial charge in [0.05, 0.1) is 18.2 Å². The topological polar surface area (TPSA) is 87.9 Å². The lowest BCUT2D eigenvalue weighted by atomic mass is 10.2. The van der Waals surface area contributed by atoms with Crippen LogP contribution in [0.2, 0.25) is 0 Å². The van der Waals surface area contributed by atoms with Crippen LogP contribution in [0.3, 0.4) is 0 Å². The number of nitrogens with one attached hydrogen (secondary N) is 1. The molecule has 0 saturated carbocycles. The molecule has 0 bridgehead atoms. The van der Waals surface area contributed by atoms with Crippen LogP contribution in [0, 0.1) is 11.3 Å². The van der Waals surface area contributed by atoms with Gasteiger partial charge in [-0.2, -0.15) is 5.26 Å². The minimum absolute atomic E-state index is 0.107. The fraction of sp³-hybridized carbons (Fsp3) is 0.200. The van der Waals surface area contributed by atoms with Crippen LogP contribution in [-0.2, 0) is 10.5 Å². The van der Waals surface area contributed by atoms with Crippen molar-refractivity contribution < 1.29 is 9.53 Å². The predicted molar refractivity (Wildman–Crippen MR) is 118 cm³/mol. The molecule has 3 aromatic rings. The molecule has 0 fully saturated rings. The molecule has 1 N–H and O–H groups in total. The Hall–Kier alpha value is -2.41. The second-order valence-electron chi connectivity index (χ2n) is 5.92. The summed E-state index contributed by atoms with van der Waals surface area (Å²) in [6.07, 6.45) is 0.963. The molecular weight excluding hydrogens is 472 g/mol. The van der Waals surface area contributed by atoms with Crippen molar-refractivity contribution in [1.29, 1.82) is 5.26 Å². The van der Waals surface area contributed by atoms with Gasteiger partial charge in [-0.15, -0.1) is 10.2 Å². The summed E-state index contributed by atoms with van der Waals surface area (Å²) in [5.74, 6) is 1.40. The highest BCUT2D eigenvalue weighted by Crippen LogP contribution is 2.28. The lowest BCUT2D eigenvalue weighted by molar-refractivity contribution is -0.116. The van der Waals surface area contributed by atoms with Crippen molar-refractivity contribution in [2.24, 2.45) is 0 Å². The van der Waals surface area contributed by atoms with Crippen LogP contribution < -0.4 is 10.1 Å². The third kappa shape index (κ3) is 7.16. The van der Waals surface area contributed by atoms with Crippen molar-refractivity contribution in [2.45, 2.75) is 22.9 Å². The summed E-state index contributed by atoms with van der Waals surface area (Å²) in [5, 5.41) is 20.2. The van der Waals surface area contributed by atoms with E-state index in [0.29, 0.717) is 30.1 Å². The fourth-order valence-corrected chi connectivity index (χ4v) is 4.26. The molecule has 1 amide bonds. The Balaban J connectivity index is 1.36. The predicted octanol–water partition coefficient (Wildman–Crippen LogP) is 5.26. The van der Waals surface area contributed by atoms with Gasteiger partial charge in [-0.05, 0) is 48.4 Å². The maximum Gasteiger partial charge on any atom is 0.226 e. The number of nitrogens with zero attached hydrogens (tertiary/aromatic N) is 3. The summed E-state index contributed by atoms with van der Waals surface area (Å²) >= 11 is 6.26. The zero-order valence-electron chi connectivity index (χ0n) is 15.3. The van der Waals surface area contributed by atoms with Gasteiger partial charge in [0.2, 0.25) is 11.0 Å². The molecule has 0 radical (unpaired) electrons. The number of amides is 1. The number of aromatic nitrogens is 2. The maximum absolute atomic E-state index is 12.1. The molecule has 0 aliphatic rings. The number of hydrogen-bond acceptors (Lipinski definition) is 7. The molecule has 9 heteroatoms. The highest BCUT2D eigenvalue weighted by molar-refractivity contribution is 9.10. The first-order valence-electron chi connectivity index (χ1n) is 8.76. The molecule has 0 aliphatic heterocycles. The lowest BCUT2D eigenvalue weighted by Crippen LogP contribution is -2.12. The number of nitriles is 1. The Morgan fingerprint density at radius 1 is 1.17 bits per heavy atom. The van der Waals surface area contributed by atoms with E-state index in [1.54, 1.807) is 23.9 Å². The fourth-order valence-electron chi connectivity index (χ4n) is 2.27. The summed E-state index contributed by atoms with van der Waals surface area (Å²) in [5.41, 5.74) is 1.74. The number of hydrogen-bond donors (Lipinski definition) is 1. The van der Waals surface area contributed by atoms with E-state index in [4.69, 9.17) is 10.00 Å². The average Bonchev–Trinajstić information content (AvgIpc) is 3.18. The molecule has 1 heterocycles. The van der Waals surface area contributed by atoms with Crippen LogP contribution in [0.5, 0.6) is 5.75 Å². The van der Waals surface area contributed by atoms with E-state index in [0.717, 1.165) is 25.9 Å². The van der Waals surface area contributed by atoms with Gasteiger partial charge in [0, 0.05) is 16.6 Å². The van der Waals surface area contributed by atoms with Crippen molar-refractivity contribution in [2.75, 3.05) is 11.9 Å². The zero-order chi connectivity index (χ0) is 20.5. The number of anilines is 1. The van der Waals surface area contributed by atoms with Gasteiger partial charge in [-0.1, -0.05) is 51.2 Å². The summed E-state index contributed by atoms with van der Waals surface area (Å²) < 4.78 is 7.38. The van der Waals surface area contributed by atoms with Gasteiger partial charge in [0.25, 0.3) is 0 Å². The Morgan fingerprint density at radius 2 is 1.93 bits per heavy atom. The SMILES string of the molecule is N#Cc1ccc(CSc2nnc(NC(=O)CCCOc3ccc(Br)cc3)s2)cc1. The third-order valence-electron chi connectivity index (χ3n) is 3.73. The Labute approximate surface area is 185 Å². The number of carbonyl (C=O) groups excluding carboxylic acids is 1. The second kappa shape index (κ2) is 11.0. The minimum Gasteiger partial charge on any atom is -0.494 e. The number of carbonyl (C=O) groups is 1. The van der Waals surface area contributed by atoms with Gasteiger partial charge in [0.1, 0.15) is 5.75 Å². The molecule has 0 unspecified atom stereocenters. The first-order chi connectivity index (χ1) is 14.1. The summed E-state index contributed by atoms with van der Waals surface area (Å²) in [6.45, 7) is 0.469. The highest BCUT2D eigenvalue weighted by Gasteiger charge is 2.09. The summed E-state index contributed by atoms with van der Waals surface area (Å²) in [4.78, 5) is 12.1. The third-order valence-corrected chi connectivity index (χ3v) is 6.30. The molecule has 0 saturated heterocycles. The van der Waals surface area contributed by atoms with Gasteiger partial charge in [-0.25, -0.2) is 0 Å². The minimum atomic E-state index is -0.107. The van der Waals surface area contributed by atoms with Gasteiger partial charge in [-0.3, -0.25) is 4.79 Å². The van der Waals surface area contributed by atoms with Crippen LogP contribution in [0.15, 0.2) is 57.3 Å². The van der Waals surface area contributed by atoms with Crippen LogP contribution in [0.25, 0.3) is 0 Å². The Morgan fingerprint density at radius 3 is 2.66 bits per heavy atom. The normalized spacial score (nSPS) is 10.3. The van der Waals surface area contributed by atoms with Gasteiger partial charge >= 0.3 is 0 Å². The standard InChI is InChI=1S/C20H17BrN4O2S2/c21-16-7-9-17(10-8-16)27-11-1-2-18(26)23-19-24-25-20(29-19)28-13-15-5-3-14(12-22)4-6-15/h3-10H,1-2,11,13H2,(H,23,24,26). The number of benzene rings is 2. The van der Waals surface area contributed by atoms with E-state index in [1.807, 2.05) is 36.4 Å². The van der Waals surface area contributed by atoms with Crippen LogP contribution >= 0.6 is 39.0 Å². The van der Waals surface area contributed by atoms with Crippen molar-refractivity contribution >= 4 is 50.1 Å². The molecular formula is C20H17BrN4O2S2. The molecule has 3 rings (SSSR count). The Bertz CT molecular complexity index is 985. The number of ether oxygens (including phenoxy) is 1. The van der Waals surface area contributed by atoms with E-state index >= 15 is 0 Å². The molecule has 2 aromatic carbocycles. The van der Waals surface area contributed by atoms with Crippen molar-refractivity contribution in [3.8, 4) is 11.8 Å². The van der Waals surface area contributed by atoms with Crippen LogP contribution in [-0.4, -0.2) is 22.7 Å². The molecule has 0 aliphatic carbocycles. The van der Waals surface area contributed by atoms with Gasteiger partial charge in [0.15, 0.2) is 4.34 Å². The molecule has 148 valence electrons. The van der Waals surface area contributed by atoms with Crippen molar-refractivity contribution in [1.82, 2.24) is 10.2 Å². The molecule has 29 heavy (non-hydrogen) atoms. The Kier molecular flexibility index (Phi) is 8.04. The number of rotatable bonds is 9. The first kappa shape index (κ1) is 21.3. The summed E-state index contributed by atoms with van der Waals surface area (Å²) in [7, 11) is 0. The van der Waals surface area contributed by atoms with Crippen LogP contribution in [0.4, 0.5) is 5.13 Å². The van der Waals surface area contributed by atoms with E-state index in [-0.39, 0.29) is 5.91 Å². The molecule has 1 aromatic heterocycles. The second-order valence-corrected chi connectivity index (χ2v) is 9.04. The summed E-state index contributed by atoms with van der Waals surface area (Å²) in [6, 6.07) is 17.1.